The van der Waals surface area contributed by atoms with Crippen LogP contribution in [0, 0.1) is 0 Å². The number of carbonyl (C=O) groups is 2. The van der Waals surface area contributed by atoms with Crippen LogP contribution in [0.25, 0.3) is 0 Å². The van der Waals surface area contributed by atoms with Gasteiger partial charge in [-0.3, -0.25) is 9.59 Å². The van der Waals surface area contributed by atoms with Crippen LogP contribution in [0.1, 0.15) is 17.3 Å². The van der Waals surface area contributed by atoms with Gasteiger partial charge < -0.3 is 10.6 Å². The van der Waals surface area contributed by atoms with Crippen molar-refractivity contribution in [2.75, 3.05) is 17.2 Å². The van der Waals surface area contributed by atoms with E-state index in [-0.39, 0.29) is 18.2 Å². The van der Waals surface area contributed by atoms with E-state index in [4.69, 9.17) is 23.2 Å². The number of anilines is 2. The van der Waals surface area contributed by atoms with Gasteiger partial charge in [0.25, 0.3) is 0 Å². The largest absolute Gasteiger partial charge is 0.375 e. The molecule has 0 saturated heterocycles. The SMILES string of the molecule is CC(=O)c1cccc(NC(=O)CNc2cccc(Cl)c2Cl)c1. The first-order valence-corrected chi connectivity index (χ1v) is 7.31. The van der Waals surface area contributed by atoms with Gasteiger partial charge in [-0.1, -0.05) is 41.4 Å². The molecule has 2 rings (SSSR count). The van der Waals surface area contributed by atoms with Crippen molar-refractivity contribution in [2.24, 2.45) is 0 Å². The minimum absolute atomic E-state index is 0.0321. The summed E-state index contributed by atoms with van der Waals surface area (Å²) in [6.45, 7) is 1.51. The molecule has 0 fully saturated rings. The summed E-state index contributed by atoms with van der Waals surface area (Å²) >= 11 is 11.9. The number of amides is 1. The third-order valence-electron chi connectivity index (χ3n) is 2.94. The predicted molar refractivity (Wildman–Crippen MR) is 90.0 cm³/mol. The van der Waals surface area contributed by atoms with Gasteiger partial charge in [0.1, 0.15) is 0 Å². The normalized spacial score (nSPS) is 10.1. The summed E-state index contributed by atoms with van der Waals surface area (Å²) in [6.07, 6.45) is 0. The van der Waals surface area contributed by atoms with Gasteiger partial charge in [-0.25, -0.2) is 0 Å². The molecule has 2 N–H and O–H groups in total. The van der Waals surface area contributed by atoms with Gasteiger partial charge in [0, 0.05) is 11.3 Å². The second-order valence-corrected chi connectivity index (χ2v) is 5.43. The number of ketones is 1. The highest BCUT2D eigenvalue weighted by molar-refractivity contribution is 6.43. The van der Waals surface area contributed by atoms with Gasteiger partial charge in [0.2, 0.25) is 5.91 Å². The van der Waals surface area contributed by atoms with Crippen LogP contribution < -0.4 is 10.6 Å². The minimum Gasteiger partial charge on any atom is -0.375 e. The molecular formula is C16H14Cl2N2O2. The monoisotopic (exact) mass is 336 g/mol. The summed E-state index contributed by atoms with van der Waals surface area (Å²) in [6, 6.07) is 11.9. The van der Waals surface area contributed by atoms with Gasteiger partial charge in [0.05, 0.1) is 22.3 Å². The van der Waals surface area contributed by atoms with Crippen LogP contribution in [0.5, 0.6) is 0 Å². The molecule has 0 spiro atoms. The molecule has 1 amide bonds. The summed E-state index contributed by atoms with van der Waals surface area (Å²) < 4.78 is 0. The molecule has 2 aromatic rings. The van der Waals surface area contributed by atoms with E-state index in [1.807, 2.05) is 0 Å². The zero-order chi connectivity index (χ0) is 16.1. The molecule has 0 radical (unpaired) electrons. The summed E-state index contributed by atoms with van der Waals surface area (Å²) in [5.41, 5.74) is 1.70. The number of hydrogen-bond acceptors (Lipinski definition) is 3. The number of carbonyl (C=O) groups excluding carboxylic acids is 2. The van der Waals surface area contributed by atoms with Crippen molar-refractivity contribution in [2.45, 2.75) is 6.92 Å². The molecule has 0 aliphatic rings. The number of rotatable bonds is 5. The van der Waals surface area contributed by atoms with Crippen LogP contribution >= 0.6 is 23.2 Å². The van der Waals surface area contributed by atoms with E-state index in [1.54, 1.807) is 42.5 Å². The molecule has 114 valence electrons. The summed E-state index contributed by atoms with van der Waals surface area (Å²) in [5, 5.41) is 6.42. The second kappa shape index (κ2) is 7.29. The van der Waals surface area contributed by atoms with Gasteiger partial charge in [-0.15, -0.1) is 0 Å². The summed E-state index contributed by atoms with van der Waals surface area (Å²) in [5.74, 6) is -0.309. The maximum atomic E-state index is 11.9. The molecule has 0 aliphatic heterocycles. The predicted octanol–water partition coefficient (Wildman–Crippen LogP) is 4.25. The van der Waals surface area contributed by atoms with Crippen molar-refractivity contribution in [3.8, 4) is 0 Å². The maximum Gasteiger partial charge on any atom is 0.243 e. The lowest BCUT2D eigenvalue weighted by molar-refractivity contribution is -0.114. The Morgan fingerprint density at radius 3 is 2.55 bits per heavy atom. The zero-order valence-corrected chi connectivity index (χ0v) is 13.3. The average molecular weight is 337 g/mol. The van der Waals surface area contributed by atoms with Crippen molar-refractivity contribution in [1.82, 2.24) is 0 Å². The van der Waals surface area contributed by atoms with Gasteiger partial charge in [-0.2, -0.15) is 0 Å². The number of benzene rings is 2. The molecule has 0 aromatic heterocycles. The second-order valence-electron chi connectivity index (χ2n) is 4.64. The highest BCUT2D eigenvalue weighted by atomic mass is 35.5. The van der Waals surface area contributed by atoms with Crippen LogP contribution in [0.15, 0.2) is 42.5 Å². The number of halogens is 2. The highest BCUT2D eigenvalue weighted by Crippen LogP contribution is 2.29. The Balaban J connectivity index is 1.97. The van der Waals surface area contributed by atoms with E-state index >= 15 is 0 Å². The standard InChI is InChI=1S/C16H14Cl2N2O2/c1-10(21)11-4-2-5-12(8-11)20-15(22)9-19-14-7-3-6-13(17)16(14)18/h2-8,19H,9H2,1H3,(H,20,22). The van der Waals surface area contributed by atoms with Crippen LogP contribution in [0.3, 0.4) is 0 Å². The van der Waals surface area contributed by atoms with Crippen LogP contribution in [0.4, 0.5) is 11.4 Å². The van der Waals surface area contributed by atoms with Crippen molar-refractivity contribution in [3.05, 3.63) is 58.1 Å². The Morgan fingerprint density at radius 1 is 1.09 bits per heavy atom. The van der Waals surface area contributed by atoms with Crippen molar-refractivity contribution >= 4 is 46.3 Å². The van der Waals surface area contributed by atoms with Gasteiger partial charge in [0.15, 0.2) is 5.78 Å². The quantitative estimate of drug-likeness (QED) is 0.802. The van der Waals surface area contributed by atoms with Crippen molar-refractivity contribution in [1.29, 1.82) is 0 Å². The molecule has 0 atom stereocenters. The van der Waals surface area contributed by atoms with Crippen LogP contribution in [0.2, 0.25) is 10.0 Å². The fraction of sp³-hybridized carbons (Fsp3) is 0.125. The average Bonchev–Trinajstić information content (AvgIpc) is 2.49. The van der Waals surface area contributed by atoms with E-state index in [2.05, 4.69) is 10.6 Å². The molecular weight excluding hydrogens is 323 g/mol. The first-order chi connectivity index (χ1) is 10.5. The lowest BCUT2D eigenvalue weighted by atomic mass is 10.1. The molecule has 0 unspecified atom stereocenters. The number of hydrogen-bond donors (Lipinski definition) is 2. The maximum absolute atomic E-state index is 11.9. The van der Waals surface area contributed by atoms with Crippen LogP contribution in [-0.2, 0) is 4.79 Å². The Hall–Kier alpha value is -2.04. The fourth-order valence-electron chi connectivity index (χ4n) is 1.84. The molecule has 22 heavy (non-hydrogen) atoms. The van der Waals surface area contributed by atoms with E-state index in [1.165, 1.54) is 6.92 Å². The zero-order valence-electron chi connectivity index (χ0n) is 11.8. The Kier molecular flexibility index (Phi) is 5.41. The molecule has 0 saturated carbocycles. The third kappa shape index (κ3) is 4.23. The van der Waals surface area contributed by atoms with Crippen LogP contribution in [-0.4, -0.2) is 18.2 Å². The first kappa shape index (κ1) is 16.3. The lowest BCUT2D eigenvalue weighted by Crippen LogP contribution is -2.22. The topological polar surface area (TPSA) is 58.2 Å². The smallest absolute Gasteiger partial charge is 0.243 e. The van der Waals surface area contributed by atoms with E-state index in [9.17, 15) is 9.59 Å². The molecule has 0 bridgehead atoms. The molecule has 4 nitrogen and oxygen atoms in total. The minimum atomic E-state index is -0.253. The lowest BCUT2D eigenvalue weighted by Gasteiger charge is -2.10. The third-order valence-corrected chi connectivity index (χ3v) is 3.76. The fourth-order valence-corrected chi connectivity index (χ4v) is 2.20. The first-order valence-electron chi connectivity index (χ1n) is 6.56. The van der Waals surface area contributed by atoms with Crippen molar-refractivity contribution < 1.29 is 9.59 Å². The summed E-state index contributed by atoms with van der Waals surface area (Å²) in [7, 11) is 0. The van der Waals surface area contributed by atoms with Gasteiger partial charge >= 0.3 is 0 Å². The Morgan fingerprint density at radius 2 is 1.82 bits per heavy atom. The Labute approximate surface area is 138 Å². The van der Waals surface area contributed by atoms with E-state index < -0.39 is 0 Å². The highest BCUT2D eigenvalue weighted by Gasteiger charge is 2.07. The summed E-state index contributed by atoms with van der Waals surface area (Å²) in [4.78, 5) is 23.2. The van der Waals surface area contributed by atoms with E-state index in [0.717, 1.165) is 0 Å². The van der Waals surface area contributed by atoms with Gasteiger partial charge in [-0.05, 0) is 31.2 Å². The number of Topliss-reactive ketones (excluding diaryl/α,β-unsaturated/α-hetero) is 1. The number of nitrogens with one attached hydrogen (secondary N) is 2. The molecule has 0 heterocycles. The molecule has 0 aliphatic carbocycles. The molecule has 6 heteroatoms. The van der Waals surface area contributed by atoms with E-state index in [0.29, 0.717) is 27.0 Å². The Bertz CT molecular complexity index is 717. The van der Waals surface area contributed by atoms with Crippen molar-refractivity contribution in [3.63, 3.8) is 0 Å². The molecule has 2 aromatic carbocycles.